The zero-order valence-corrected chi connectivity index (χ0v) is 24.4. The monoisotopic (exact) mass is 525 g/mol. The number of hydrogen-bond donors (Lipinski definition) is 2. The Morgan fingerprint density at radius 3 is 2.36 bits per heavy atom. The Kier molecular flexibility index (Phi) is 8.34. The van der Waals surface area contributed by atoms with Crippen LogP contribution < -0.4 is 11.1 Å². The van der Waals surface area contributed by atoms with E-state index in [-0.39, 0.29) is 23.6 Å². The number of benzene rings is 2. The van der Waals surface area contributed by atoms with Gasteiger partial charge in [-0.25, -0.2) is 9.37 Å². The molecular formula is C33H40FN5. The maximum absolute atomic E-state index is 14.9. The molecule has 1 aliphatic rings. The number of aromatic nitrogens is 2. The van der Waals surface area contributed by atoms with E-state index < -0.39 is 0 Å². The fraction of sp³-hybridized carbons (Fsp3) is 0.364. The Hall–Kier alpha value is -3.80. The van der Waals surface area contributed by atoms with Crippen LogP contribution in [0.5, 0.6) is 0 Å². The fourth-order valence-corrected chi connectivity index (χ4v) is 5.31. The van der Waals surface area contributed by atoms with E-state index in [1.165, 1.54) is 28.3 Å². The molecule has 3 aromatic rings. The summed E-state index contributed by atoms with van der Waals surface area (Å²) in [7, 11) is 0. The SMILES string of the molecule is CC/C(C)=C\C(C)c1cc(C)c(-c2cc(F)cc3c(N)nc(NC4=NC(C)/C(=C(/C)CC)C=C4)nc23)c(C)c1. The summed E-state index contributed by atoms with van der Waals surface area (Å²) >= 11 is 0. The molecule has 1 aromatic heterocycles. The van der Waals surface area contributed by atoms with Crippen molar-refractivity contribution in [3.05, 3.63) is 81.7 Å². The zero-order chi connectivity index (χ0) is 28.4. The van der Waals surface area contributed by atoms with Crippen molar-refractivity contribution in [3.8, 4) is 11.1 Å². The molecule has 204 valence electrons. The van der Waals surface area contributed by atoms with Crippen LogP contribution in [0, 0.1) is 19.7 Å². The molecule has 2 unspecified atom stereocenters. The predicted molar refractivity (Wildman–Crippen MR) is 164 cm³/mol. The minimum atomic E-state index is -0.370. The predicted octanol–water partition coefficient (Wildman–Crippen LogP) is 8.59. The molecule has 2 aromatic carbocycles. The minimum Gasteiger partial charge on any atom is -0.383 e. The Morgan fingerprint density at radius 1 is 1.05 bits per heavy atom. The number of nitrogens with zero attached hydrogens (tertiary/aromatic N) is 3. The number of hydrogen-bond acceptors (Lipinski definition) is 5. The first-order valence-corrected chi connectivity index (χ1v) is 13.8. The van der Waals surface area contributed by atoms with E-state index >= 15 is 0 Å². The molecule has 6 heteroatoms. The van der Waals surface area contributed by atoms with Crippen molar-refractivity contribution in [1.82, 2.24) is 9.97 Å². The van der Waals surface area contributed by atoms with Crippen LogP contribution in [-0.4, -0.2) is 21.8 Å². The fourth-order valence-electron chi connectivity index (χ4n) is 5.31. The molecular weight excluding hydrogens is 485 g/mol. The van der Waals surface area contributed by atoms with Gasteiger partial charge in [-0.3, -0.25) is 4.99 Å². The number of allylic oxidation sites excluding steroid dienone is 3. The number of dihydropyridines is 1. The summed E-state index contributed by atoms with van der Waals surface area (Å²) in [6, 6.07) is 7.37. The Labute approximate surface area is 231 Å². The van der Waals surface area contributed by atoms with E-state index in [0.29, 0.717) is 28.3 Å². The topological polar surface area (TPSA) is 76.2 Å². The molecule has 1 aliphatic heterocycles. The summed E-state index contributed by atoms with van der Waals surface area (Å²) in [5.41, 5.74) is 15.9. The molecule has 0 spiro atoms. The molecule has 0 saturated heterocycles. The molecule has 4 rings (SSSR count). The van der Waals surface area contributed by atoms with Crippen LogP contribution in [0.25, 0.3) is 22.0 Å². The number of rotatable bonds is 6. The van der Waals surface area contributed by atoms with Gasteiger partial charge in [0.1, 0.15) is 17.5 Å². The van der Waals surface area contributed by atoms with Crippen molar-refractivity contribution in [1.29, 1.82) is 0 Å². The van der Waals surface area contributed by atoms with Gasteiger partial charge in [0, 0.05) is 10.9 Å². The highest BCUT2D eigenvalue weighted by Gasteiger charge is 2.19. The van der Waals surface area contributed by atoms with Crippen LogP contribution in [-0.2, 0) is 0 Å². The number of aliphatic imine (C=N–C) groups is 1. The van der Waals surface area contributed by atoms with Crippen LogP contribution in [0.1, 0.15) is 77.0 Å². The summed E-state index contributed by atoms with van der Waals surface area (Å²) in [4.78, 5) is 14.1. The molecule has 39 heavy (non-hydrogen) atoms. The second-order valence-corrected chi connectivity index (χ2v) is 10.7. The third kappa shape index (κ3) is 5.95. The van der Waals surface area contributed by atoms with Crippen LogP contribution in [0.15, 0.2) is 64.2 Å². The van der Waals surface area contributed by atoms with E-state index in [9.17, 15) is 4.39 Å². The second kappa shape index (κ2) is 11.5. The van der Waals surface area contributed by atoms with Gasteiger partial charge in [0.25, 0.3) is 0 Å². The van der Waals surface area contributed by atoms with Crippen molar-refractivity contribution in [2.45, 2.75) is 80.2 Å². The molecule has 0 aliphatic carbocycles. The molecule has 2 atom stereocenters. The first kappa shape index (κ1) is 28.2. The number of fused-ring (bicyclic) bond motifs is 1. The third-order valence-electron chi connectivity index (χ3n) is 7.70. The minimum absolute atomic E-state index is 0.0297. The summed E-state index contributed by atoms with van der Waals surface area (Å²) in [6.07, 6.45) is 8.36. The van der Waals surface area contributed by atoms with Gasteiger partial charge in [-0.1, -0.05) is 56.2 Å². The lowest BCUT2D eigenvalue weighted by atomic mass is 9.88. The van der Waals surface area contributed by atoms with Crippen molar-refractivity contribution in [2.24, 2.45) is 4.99 Å². The van der Waals surface area contributed by atoms with E-state index in [1.807, 2.05) is 6.08 Å². The van der Waals surface area contributed by atoms with E-state index in [0.717, 1.165) is 29.5 Å². The summed E-state index contributed by atoms with van der Waals surface area (Å²) in [6.45, 7) is 17.0. The number of aryl methyl sites for hydroxylation is 2. The first-order valence-electron chi connectivity index (χ1n) is 13.8. The zero-order valence-electron chi connectivity index (χ0n) is 24.4. The van der Waals surface area contributed by atoms with Crippen LogP contribution >= 0.6 is 0 Å². The van der Waals surface area contributed by atoms with E-state index in [1.54, 1.807) is 6.07 Å². The molecule has 0 fully saturated rings. The van der Waals surface area contributed by atoms with Crippen molar-refractivity contribution >= 4 is 28.5 Å². The van der Waals surface area contributed by atoms with Crippen molar-refractivity contribution in [3.63, 3.8) is 0 Å². The molecule has 0 radical (unpaired) electrons. The van der Waals surface area contributed by atoms with Crippen molar-refractivity contribution < 1.29 is 4.39 Å². The second-order valence-electron chi connectivity index (χ2n) is 10.7. The number of anilines is 2. The highest BCUT2D eigenvalue weighted by molar-refractivity contribution is 6.06. The Balaban J connectivity index is 1.79. The summed E-state index contributed by atoms with van der Waals surface area (Å²) in [5.74, 6) is 1.14. The lowest BCUT2D eigenvalue weighted by Crippen LogP contribution is -2.20. The smallest absolute Gasteiger partial charge is 0.230 e. The van der Waals surface area contributed by atoms with Crippen LogP contribution in [0.4, 0.5) is 16.2 Å². The van der Waals surface area contributed by atoms with Gasteiger partial charge in [0.05, 0.1) is 11.6 Å². The van der Waals surface area contributed by atoms with E-state index in [2.05, 4.69) is 90.0 Å². The highest BCUT2D eigenvalue weighted by Crippen LogP contribution is 2.37. The summed E-state index contributed by atoms with van der Waals surface area (Å²) in [5, 5.41) is 3.72. The molecule has 3 N–H and O–H groups in total. The van der Waals surface area contributed by atoms with Gasteiger partial charge in [0.15, 0.2) is 0 Å². The van der Waals surface area contributed by atoms with Gasteiger partial charge in [-0.2, -0.15) is 4.98 Å². The lowest BCUT2D eigenvalue weighted by Gasteiger charge is -2.19. The molecule has 0 saturated carbocycles. The van der Waals surface area contributed by atoms with Crippen LogP contribution in [0.2, 0.25) is 0 Å². The maximum atomic E-state index is 14.9. The van der Waals surface area contributed by atoms with Gasteiger partial charge in [-0.15, -0.1) is 0 Å². The largest absolute Gasteiger partial charge is 0.383 e. The maximum Gasteiger partial charge on any atom is 0.230 e. The van der Waals surface area contributed by atoms with Gasteiger partial charge >= 0.3 is 0 Å². The highest BCUT2D eigenvalue weighted by atomic mass is 19.1. The van der Waals surface area contributed by atoms with Gasteiger partial charge in [-0.05, 0) is 99.4 Å². The first-order chi connectivity index (χ1) is 18.5. The average molecular weight is 526 g/mol. The Morgan fingerprint density at radius 2 is 1.74 bits per heavy atom. The normalized spacial score (nSPS) is 17.8. The molecule has 0 bridgehead atoms. The van der Waals surface area contributed by atoms with Gasteiger partial charge < -0.3 is 11.1 Å². The number of nitrogen functional groups attached to an aromatic ring is 1. The van der Waals surface area contributed by atoms with Gasteiger partial charge in [0.2, 0.25) is 5.95 Å². The third-order valence-corrected chi connectivity index (χ3v) is 7.70. The molecule has 0 amide bonds. The lowest BCUT2D eigenvalue weighted by molar-refractivity contribution is 0.630. The molecule has 5 nitrogen and oxygen atoms in total. The Bertz CT molecular complexity index is 1520. The number of nitrogens with two attached hydrogens (primary N) is 1. The average Bonchev–Trinajstić information content (AvgIpc) is 2.88. The standard InChI is InChI=1S/C33H40FN5/c1-9-18(3)13-20(5)24-14-21(6)30(22(7)15-24)27-16-25(34)17-28-31(27)38-33(39-32(28)35)37-29-12-11-26(19(4)10-2)23(8)36-29/h11-17,20,23H,9-10H2,1-8H3,(H3,35,36,37,38,39)/b18-13-,26-19-. The summed E-state index contributed by atoms with van der Waals surface area (Å²) < 4.78 is 14.9. The quantitative estimate of drug-likeness (QED) is 0.316. The van der Waals surface area contributed by atoms with Crippen LogP contribution in [0.3, 0.4) is 0 Å². The number of nitrogens with one attached hydrogen (secondary N) is 1. The molecule has 2 heterocycles. The number of amidine groups is 1. The number of halogens is 1. The van der Waals surface area contributed by atoms with E-state index in [4.69, 9.17) is 15.7 Å². The van der Waals surface area contributed by atoms with Crippen molar-refractivity contribution in [2.75, 3.05) is 11.1 Å².